The summed E-state index contributed by atoms with van der Waals surface area (Å²) in [6.07, 6.45) is 0. The SMILES string of the molecule is Cc1ccccc1C(O)(c1ccccc1C)[C@H](N)C(C)(C)C. The van der Waals surface area contributed by atoms with Crippen molar-refractivity contribution in [2.75, 3.05) is 0 Å². The van der Waals surface area contributed by atoms with Gasteiger partial charge in [-0.25, -0.2) is 0 Å². The van der Waals surface area contributed by atoms with Crippen molar-refractivity contribution in [1.82, 2.24) is 0 Å². The van der Waals surface area contributed by atoms with Gasteiger partial charge in [0.15, 0.2) is 0 Å². The van der Waals surface area contributed by atoms with Gasteiger partial charge in [-0.1, -0.05) is 69.3 Å². The molecule has 0 heterocycles. The zero-order chi connectivity index (χ0) is 16.5. The summed E-state index contributed by atoms with van der Waals surface area (Å²) in [6.45, 7) is 10.2. The molecule has 2 rings (SSSR count). The van der Waals surface area contributed by atoms with Crippen LogP contribution in [0.25, 0.3) is 0 Å². The normalized spacial score (nSPS) is 14.0. The molecular weight excluding hydrogens is 270 g/mol. The van der Waals surface area contributed by atoms with Crippen molar-refractivity contribution in [3.8, 4) is 0 Å². The van der Waals surface area contributed by atoms with Crippen molar-refractivity contribution >= 4 is 0 Å². The van der Waals surface area contributed by atoms with E-state index >= 15 is 0 Å². The molecule has 0 aliphatic rings. The first-order valence-corrected chi connectivity index (χ1v) is 7.79. The lowest BCUT2D eigenvalue weighted by Crippen LogP contribution is -2.54. The number of hydrogen-bond donors (Lipinski definition) is 2. The van der Waals surface area contributed by atoms with Crippen molar-refractivity contribution in [3.63, 3.8) is 0 Å². The van der Waals surface area contributed by atoms with Crippen LogP contribution in [0.15, 0.2) is 48.5 Å². The van der Waals surface area contributed by atoms with Crippen LogP contribution < -0.4 is 5.73 Å². The van der Waals surface area contributed by atoms with Gasteiger partial charge < -0.3 is 10.8 Å². The molecule has 2 heteroatoms. The number of nitrogens with two attached hydrogens (primary N) is 1. The number of benzene rings is 2. The molecule has 0 radical (unpaired) electrons. The second-order valence-electron chi connectivity index (χ2n) is 7.24. The van der Waals surface area contributed by atoms with Gasteiger partial charge in [-0.2, -0.15) is 0 Å². The summed E-state index contributed by atoms with van der Waals surface area (Å²) in [7, 11) is 0. The molecule has 0 spiro atoms. The van der Waals surface area contributed by atoms with E-state index < -0.39 is 11.6 Å². The first-order chi connectivity index (χ1) is 10.2. The summed E-state index contributed by atoms with van der Waals surface area (Å²) in [5, 5.41) is 11.8. The average Bonchev–Trinajstić information content (AvgIpc) is 2.45. The lowest BCUT2D eigenvalue weighted by atomic mass is 9.68. The quantitative estimate of drug-likeness (QED) is 0.902. The van der Waals surface area contributed by atoms with E-state index in [1.807, 2.05) is 62.4 Å². The molecule has 2 nitrogen and oxygen atoms in total. The van der Waals surface area contributed by atoms with E-state index in [2.05, 4.69) is 20.8 Å². The van der Waals surface area contributed by atoms with Gasteiger partial charge in [0.2, 0.25) is 0 Å². The molecular formula is C20H27NO. The molecule has 0 fully saturated rings. The highest BCUT2D eigenvalue weighted by atomic mass is 16.3. The van der Waals surface area contributed by atoms with E-state index in [4.69, 9.17) is 5.73 Å². The second-order valence-corrected chi connectivity index (χ2v) is 7.24. The summed E-state index contributed by atoms with van der Waals surface area (Å²) in [5.74, 6) is 0. The van der Waals surface area contributed by atoms with E-state index in [-0.39, 0.29) is 5.41 Å². The van der Waals surface area contributed by atoms with Crippen LogP contribution in [0.2, 0.25) is 0 Å². The minimum absolute atomic E-state index is 0.237. The van der Waals surface area contributed by atoms with Crippen LogP contribution in [0, 0.1) is 19.3 Å². The Bertz CT molecular complexity index is 609. The molecule has 0 saturated carbocycles. The number of aliphatic hydroxyl groups is 1. The Morgan fingerprint density at radius 1 is 0.818 bits per heavy atom. The Kier molecular flexibility index (Phi) is 4.46. The molecule has 118 valence electrons. The molecule has 0 unspecified atom stereocenters. The van der Waals surface area contributed by atoms with Gasteiger partial charge in [-0.15, -0.1) is 0 Å². The van der Waals surface area contributed by atoms with Crippen LogP contribution in [0.1, 0.15) is 43.0 Å². The van der Waals surface area contributed by atoms with Gasteiger partial charge >= 0.3 is 0 Å². The first kappa shape index (κ1) is 16.7. The smallest absolute Gasteiger partial charge is 0.131 e. The molecule has 0 aliphatic carbocycles. The maximum absolute atomic E-state index is 11.8. The fourth-order valence-corrected chi connectivity index (χ4v) is 3.11. The monoisotopic (exact) mass is 297 g/mol. The number of hydrogen-bond acceptors (Lipinski definition) is 2. The van der Waals surface area contributed by atoms with Crippen molar-refractivity contribution in [3.05, 3.63) is 70.8 Å². The molecule has 22 heavy (non-hydrogen) atoms. The van der Waals surface area contributed by atoms with Crippen LogP contribution in [0.4, 0.5) is 0 Å². The maximum Gasteiger partial charge on any atom is 0.131 e. The van der Waals surface area contributed by atoms with E-state index in [9.17, 15) is 5.11 Å². The van der Waals surface area contributed by atoms with Crippen LogP contribution in [-0.2, 0) is 5.60 Å². The second kappa shape index (κ2) is 5.86. The van der Waals surface area contributed by atoms with E-state index in [1.165, 1.54) is 0 Å². The Morgan fingerprint density at radius 2 is 1.18 bits per heavy atom. The molecule has 3 N–H and O–H groups in total. The van der Waals surface area contributed by atoms with Gasteiger partial charge in [-0.05, 0) is 41.5 Å². The van der Waals surface area contributed by atoms with Crippen LogP contribution in [0.5, 0.6) is 0 Å². The Labute approximate surface area is 134 Å². The minimum atomic E-state index is -1.21. The highest BCUT2D eigenvalue weighted by molar-refractivity contribution is 5.45. The summed E-state index contributed by atoms with van der Waals surface area (Å²) >= 11 is 0. The molecule has 0 saturated heterocycles. The average molecular weight is 297 g/mol. The maximum atomic E-state index is 11.8. The van der Waals surface area contributed by atoms with Gasteiger partial charge in [-0.3, -0.25) is 0 Å². The third-order valence-corrected chi connectivity index (χ3v) is 4.49. The van der Waals surface area contributed by atoms with E-state index in [0.29, 0.717) is 0 Å². The Morgan fingerprint density at radius 3 is 1.50 bits per heavy atom. The fraction of sp³-hybridized carbons (Fsp3) is 0.400. The van der Waals surface area contributed by atoms with Crippen molar-refractivity contribution < 1.29 is 5.11 Å². The molecule has 0 amide bonds. The van der Waals surface area contributed by atoms with Gasteiger partial charge in [0, 0.05) is 6.04 Å². The minimum Gasteiger partial charge on any atom is -0.379 e. The number of aryl methyl sites for hydroxylation is 2. The lowest BCUT2D eigenvalue weighted by molar-refractivity contribution is 0.0101. The summed E-state index contributed by atoms with van der Waals surface area (Å²) in [4.78, 5) is 0. The highest BCUT2D eigenvalue weighted by Gasteiger charge is 2.45. The summed E-state index contributed by atoms with van der Waals surface area (Å²) < 4.78 is 0. The summed E-state index contributed by atoms with van der Waals surface area (Å²) in [6, 6.07) is 15.5. The zero-order valence-electron chi connectivity index (χ0n) is 14.2. The van der Waals surface area contributed by atoms with Gasteiger partial charge in [0.25, 0.3) is 0 Å². The predicted octanol–water partition coefficient (Wildman–Crippen LogP) is 3.91. The first-order valence-electron chi connectivity index (χ1n) is 7.79. The lowest BCUT2D eigenvalue weighted by Gasteiger charge is -2.43. The fourth-order valence-electron chi connectivity index (χ4n) is 3.11. The van der Waals surface area contributed by atoms with Crippen LogP contribution in [0.3, 0.4) is 0 Å². The largest absolute Gasteiger partial charge is 0.379 e. The molecule has 2 aromatic rings. The van der Waals surface area contributed by atoms with E-state index in [1.54, 1.807) is 0 Å². The molecule has 0 aromatic heterocycles. The van der Waals surface area contributed by atoms with E-state index in [0.717, 1.165) is 22.3 Å². The molecule has 0 aliphatic heterocycles. The topological polar surface area (TPSA) is 46.2 Å². The summed E-state index contributed by atoms with van der Waals surface area (Å²) in [5.41, 5.74) is 8.99. The van der Waals surface area contributed by atoms with Crippen molar-refractivity contribution in [2.24, 2.45) is 11.1 Å². The van der Waals surface area contributed by atoms with Crippen LogP contribution >= 0.6 is 0 Å². The third-order valence-electron chi connectivity index (χ3n) is 4.49. The molecule has 0 bridgehead atoms. The highest BCUT2D eigenvalue weighted by Crippen LogP contribution is 2.41. The van der Waals surface area contributed by atoms with Gasteiger partial charge in [0.1, 0.15) is 5.60 Å². The van der Waals surface area contributed by atoms with Gasteiger partial charge in [0.05, 0.1) is 0 Å². The predicted molar refractivity (Wildman–Crippen MR) is 92.8 cm³/mol. The standard InChI is InChI=1S/C20H27NO/c1-14-10-6-8-12-16(14)20(22,18(21)19(3,4)5)17-13-9-7-11-15(17)2/h6-13,18,22H,21H2,1-5H3/t18-/m1/s1. The van der Waals surface area contributed by atoms with Crippen LogP contribution in [-0.4, -0.2) is 11.1 Å². The molecule has 2 aromatic carbocycles. The Hall–Kier alpha value is -1.64. The number of rotatable bonds is 3. The third kappa shape index (κ3) is 2.81. The van der Waals surface area contributed by atoms with Crippen molar-refractivity contribution in [1.29, 1.82) is 0 Å². The Balaban J connectivity index is 2.76. The molecule has 1 atom stereocenters. The zero-order valence-corrected chi connectivity index (χ0v) is 14.2. The van der Waals surface area contributed by atoms with Crippen molar-refractivity contribution in [2.45, 2.75) is 46.3 Å².